The second-order valence-corrected chi connectivity index (χ2v) is 9.38. The summed E-state index contributed by atoms with van der Waals surface area (Å²) in [6, 6.07) is 22.0. The summed E-state index contributed by atoms with van der Waals surface area (Å²) in [5.41, 5.74) is 4.32. The number of hydrogen-bond donors (Lipinski definition) is 1. The molecular weight excluding hydrogens is 450 g/mol. The van der Waals surface area contributed by atoms with Gasteiger partial charge < -0.3 is 15.0 Å². The van der Waals surface area contributed by atoms with E-state index in [-0.39, 0.29) is 5.91 Å². The first-order valence-corrected chi connectivity index (χ1v) is 12.8. The molecule has 2 aromatic heterocycles. The molecule has 36 heavy (non-hydrogen) atoms. The second-order valence-electron chi connectivity index (χ2n) is 9.38. The highest BCUT2D eigenvalue weighted by Crippen LogP contribution is 2.30. The number of hydrogen-bond acceptors (Lipinski definition) is 5. The van der Waals surface area contributed by atoms with Crippen molar-refractivity contribution in [2.75, 3.05) is 26.7 Å². The fraction of sp³-hybridized carbons (Fsp3) is 0.345. The van der Waals surface area contributed by atoms with E-state index < -0.39 is 0 Å². The maximum absolute atomic E-state index is 13.4. The van der Waals surface area contributed by atoms with Crippen LogP contribution in [0.25, 0.3) is 28.2 Å². The Hall–Kier alpha value is -3.71. The van der Waals surface area contributed by atoms with E-state index in [9.17, 15) is 4.79 Å². The highest BCUT2D eigenvalue weighted by Gasteiger charge is 2.20. The standard InChI is InChI=1S/C29H33N5O2/c1-21-11-8-9-17-33(21)18-10-16-30-29(35)26-19-25(23-14-6-7-15-27(23)36-2)31-28-20-24(32-34(26)28)22-12-4-3-5-13-22/h3-7,12-15,19-21H,8-11,16-18H2,1-2H3,(H,30,35). The van der Waals surface area contributed by atoms with Crippen LogP contribution in [0.15, 0.2) is 66.7 Å². The summed E-state index contributed by atoms with van der Waals surface area (Å²) in [5.74, 6) is 0.548. The lowest BCUT2D eigenvalue weighted by Crippen LogP contribution is -2.39. The zero-order chi connectivity index (χ0) is 24.9. The van der Waals surface area contributed by atoms with Crippen molar-refractivity contribution in [1.82, 2.24) is 24.8 Å². The molecule has 186 valence electrons. The van der Waals surface area contributed by atoms with Crippen LogP contribution in [0, 0.1) is 0 Å². The van der Waals surface area contributed by atoms with Crippen LogP contribution in [0.2, 0.25) is 0 Å². The van der Waals surface area contributed by atoms with Crippen LogP contribution in [-0.2, 0) is 0 Å². The molecule has 1 atom stereocenters. The van der Waals surface area contributed by atoms with E-state index in [4.69, 9.17) is 14.8 Å². The van der Waals surface area contributed by atoms with Gasteiger partial charge in [0.1, 0.15) is 11.4 Å². The molecule has 3 heterocycles. The molecule has 0 bridgehead atoms. The van der Waals surface area contributed by atoms with E-state index in [0.29, 0.717) is 35.4 Å². The first-order chi connectivity index (χ1) is 17.6. The molecular formula is C29H33N5O2. The van der Waals surface area contributed by atoms with Gasteiger partial charge in [-0.2, -0.15) is 5.10 Å². The SMILES string of the molecule is COc1ccccc1-c1cc(C(=O)NCCCN2CCCCC2C)n2nc(-c3ccccc3)cc2n1. The van der Waals surface area contributed by atoms with E-state index in [0.717, 1.165) is 36.3 Å². The summed E-state index contributed by atoms with van der Waals surface area (Å²) in [7, 11) is 1.64. The average molecular weight is 484 g/mol. The molecule has 1 N–H and O–H groups in total. The van der Waals surface area contributed by atoms with Crippen LogP contribution in [-0.4, -0.2) is 58.2 Å². The summed E-state index contributed by atoms with van der Waals surface area (Å²) in [4.78, 5) is 20.8. The number of nitrogens with zero attached hydrogens (tertiary/aromatic N) is 4. The number of piperidine rings is 1. The Morgan fingerprint density at radius 2 is 1.86 bits per heavy atom. The molecule has 1 aliphatic rings. The molecule has 1 unspecified atom stereocenters. The molecule has 4 aromatic rings. The largest absolute Gasteiger partial charge is 0.496 e. The number of carbonyl (C=O) groups excluding carboxylic acids is 1. The smallest absolute Gasteiger partial charge is 0.270 e. The Balaban J connectivity index is 1.43. The zero-order valence-electron chi connectivity index (χ0n) is 21.0. The monoisotopic (exact) mass is 483 g/mol. The number of likely N-dealkylation sites (tertiary alicyclic amines) is 1. The lowest BCUT2D eigenvalue weighted by Gasteiger charge is -2.33. The molecule has 7 heteroatoms. The summed E-state index contributed by atoms with van der Waals surface area (Å²) >= 11 is 0. The van der Waals surface area contributed by atoms with Gasteiger partial charge >= 0.3 is 0 Å². The van der Waals surface area contributed by atoms with Gasteiger partial charge in [-0.25, -0.2) is 9.50 Å². The van der Waals surface area contributed by atoms with Gasteiger partial charge in [0.15, 0.2) is 5.65 Å². The number of benzene rings is 2. The number of nitrogens with one attached hydrogen (secondary N) is 1. The maximum Gasteiger partial charge on any atom is 0.270 e. The van der Waals surface area contributed by atoms with Crippen LogP contribution in [0.5, 0.6) is 5.75 Å². The summed E-state index contributed by atoms with van der Waals surface area (Å²) in [6.07, 6.45) is 4.75. The molecule has 0 aliphatic carbocycles. The number of amides is 1. The quantitative estimate of drug-likeness (QED) is 0.355. The summed E-state index contributed by atoms with van der Waals surface area (Å²) in [6.45, 7) is 5.06. The Morgan fingerprint density at radius 3 is 2.67 bits per heavy atom. The van der Waals surface area contributed by atoms with Crippen molar-refractivity contribution in [2.45, 2.75) is 38.6 Å². The number of para-hydroxylation sites is 1. The van der Waals surface area contributed by atoms with Crippen LogP contribution >= 0.6 is 0 Å². The minimum absolute atomic E-state index is 0.159. The molecule has 1 amide bonds. The Bertz CT molecular complexity index is 1330. The molecule has 0 radical (unpaired) electrons. The predicted octanol–water partition coefficient (Wildman–Crippen LogP) is 5.07. The van der Waals surface area contributed by atoms with Crippen molar-refractivity contribution < 1.29 is 9.53 Å². The number of fused-ring (bicyclic) bond motifs is 1. The highest BCUT2D eigenvalue weighted by atomic mass is 16.5. The van der Waals surface area contributed by atoms with Crippen LogP contribution in [0.3, 0.4) is 0 Å². The van der Waals surface area contributed by atoms with Gasteiger partial charge in [-0.1, -0.05) is 48.9 Å². The lowest BCUT2D eigenvalue weighted by atomic mass is 10.0. The van der Waals surface area contributed by atoms with Gasteiger partial charge in [0.2, 0.25) is 0 Å². The van der Waals surface area contributed by atoms with E-state index in [1.807, 2.05) is 60.7 Å². The average Bonchev–Trinajstić information content (AvgIpc) is 3.36. The molecule has 1 aliphatic heterocycles. The predicted molar refractivity (Wildman–Crippen MR) is 142 cm³/mol. The third-order valence-corrected chi connectivity index (χ3v) is 6.96. The third kappa shape index (κ3) is 5.11. The van der Waals surface area contributed by atoms with Crippen molar-refractivity contribution >= 4 is 11.6 Å². The molecule has 1 fully saturated rings. The maximum atomic E-state index is 13.4. The van der Waals surface area contributed by atoms with Crippen LogP contribution in [0.4, 0.5) is 0 Å². The van der Waals surface area contributed by atoms with Crippen LogP contribution < -0.4 is 10.1 Å². The molecule has 2 aromatic carbocycles. The first kappa shape index (κ1) is 24.0. The molecule has 5 rings (SSSR count). The highest BCUT2D eigenvalue weighted by molar-refractivity contribution is 5.94. The first-order valence-electron chi connectivity index (χ1n) is 12.8. The minimum Gasteiger partial charge on any atom is -0.496 e. The Morgan fingerprint density at radius 1 is 1.06 bits per heavy atom. The Kier molecular flexibility index (Phi) is 7.28. The topological polar surface area (TPSA) is 71.8 Å². The van der Waals surface area contributed by atoms with E-state index >= 15 is 0 Å². The third-order valence-electron chi connectivity index (χ3n) is 6.96. The van der Waals surface area contributed by atoms with Crippen LogP contribution in [0.1, 0.15) is 43.1 Å². The van der Waals surface area contributed by atoms with Gasteiger partial charge in [0.05, 0.1) is 18.5 Å². The summed E-state index contributed by atoms with van der Waals surface area (Å²) < 4.78 is 7.21. The zero-order valence-corrected chi connectivity index (χ0v) is 21.0. The number of methoxy groups -OCH3 is 1. The van der Waals surface area contributed by atoms with Crippen molar-refractivity contribution in [3.8, 4) is 28.3 Å². The lowest BCUT2D eigenvalue weighted by molar-refractivity contribution is 0.0941. The minimum atomic E-state index is -0.159. The van der Waals surface area contributed by atoms with Gasteiger partial charge in [-0.05, 0) is 50.9 Å². The number of ether oxygens (including phenoxy) is 1. The normalized spacial score (nSPS) is 16.2. The Labute approximate surface area is 212 Å². The van der Waals surface area contributed by atoms with Gasteiger partial charge in [0, 0.05) is 36.3 Å². The number of aromatic nitrogens is 3. The van der Waals surface area contributed by atoms with E-state index in [2.05, 4.69) is 17.1 Å². The van der Waals surface area contributed by atoms with E-state index in [1.54, 1.807) is 17.7 Å². The van der Waals surface area contributed by atoms with Crippen molar-refractivity contribution in [1.29, 1.82) is 0 Å². The second kappa shape index (κ2) is 10.9. The molecule has 0 spiro atoms. The number of carbonyl (C=O) groups is 1. The molecule has 7 nitrogen and oxygen atoms in total. The van der Waals surface area contributed by atoms with Crippen molar-refractivity contribution in [3.63, 3.8) is 0 Å². The summed E-state index contributed by atoms with van der Waals surface area (Å²) in [5, 5.41) is 7.86. The van der Waals surface area contributed by atoms with Crippen molar-refractivity contribution in [2.24, 2.45) is 0 Å². The van der Waals surface area contributed by atoms with Crippen molar-refractivity contribution in [3.05, 3.63) is 72.4 Å². The van der Waals surface area contributed by atoms with Gasteiger partial charge in [-0.3, -0.25) is 4.79 Å². The fourth-order valence-electron chi connectivity index (χ4n) is 4.94. The van der Waals surface area contributed by atoms with E-state index in [1.165, 1.54) is 19.3 Å². The number of rotatable bonds is 8. The van der Waals surface area contributed by atoms with Gasteiger partial charge in [-0.15, -0.1) is 0 Å². The fourth-order valence-corrected chi connectivity index (χ4v) is 4.94. The molecule has 0 saturated carbocycles. The van der Waals surface area contributed by atoms with Gasteiger partial charge in [0.25, 0.3) is 5.91 Å². The molecule has 1 saturated heterocycles.